The summed E-state index contributed by atoms with van der Waals surface area (Å²) < 4.78 is 0. The number of nitrogens with zero attached hydrogens (tertiary/aromatic N) is 2. The van der Waals surface area contributed by atoms with Crippen LogP contribution in [0.5, 0.6) is 0 Å². The molecule has 2 aromatic rings. The molecular weight excluding hydrogens is 176 g/mol. The minimum absolute atomic E-state index is 0.499. The molecule has 4 N–H and O–H groups in total. The quantitative estimate of drug-likeness (QED) is 0.662. The standard InChI is InChI=1S/C10H12N4/c1-2-8-13-9-6(10(12)14-8)4-3-5-7(9)11/h3-5H,2,11H2,1H3,(H2,12,13,14). The number of fused-ring (bicyclic) bond motifs is 1. The van der Waals surface area contributed by atoms with Gasteiger partial charge in [0.2, 0.25) is 0 Å². The zero-order valence-electron chi connectivity index (χ0n) is 7.99. The summed E-state index contributed by atoms with van der Waals surface area (Å²) in [6.07, 6.45) is 0.758. The minimum Gasteiger partial charge on any atom is -0.397 e. The molecule has 0 saturated carbocycles. The van der Waals surface area contributed by atoms with E-state index in [0.29, 0.717) is 11.5 Å². The van der Waals surface area contributed by atoms with Gasteiger partial charge in [0.25, 0.3) is 0 Å². The summed E-state index contributed by atoms with van der Waals surface area (Å²) >= 11 is 0. The molecule has 0 unspecified atom stereocenters. The molecule has 0 radical (unpaired) electrons. The van der Waals surface area contributed by atoms with Crippen LogP contribution in [0.4, 0.5) is 11.5 Å². The smallest absolute Gasteiger partial charge is 0.135 e. The molecule has 0 saturated heterocycles. The first kappa shape index (κ1) is 8.74. The molecule has 4 nitrogen and oxygen atoms in total. The molecule has 1 aromatic heterocycles. The second-order valence-corrected chi connectivity index (χ2v) is 3.12. The zero-order chi connectivity index (χ0) is 10.1. The summed E-state index contributed by atoms with van der Waals surface area (Å²) in [6, 6.07) is 5.54. The van der Waals surface area contributed by atoms with Gasteiger partial charge in [-0.05, 0) is 12.1 Å². The summed E-state index contributed by atoms with van der Waals surface area (Å²) in [6.45, 7) is 1.99. The van der Waals surface area contributed by atoms with Crippen molar-refractivity contribution >= 4 is 22.4 Å². The lowest BCUT2D eigenvalue weighted by atomic mass is 10.2. The highest BCUT2D eigenvalue weighted by atomic mass is 14.9. The molecule has 0 fully saturated rings. The molecule has 14 heavy (non-hydrogen) atoms. The first-order valence-electron chi connectivity index (χ1n) is 4.53. The Kier molecular flexibility index (Phi) is 1.96. The van der Waals surface area contributed by atoms with Crippen molar-refractivity contribution in [3.63, 3.8) is 0 Å². The number of benzene rings is 1. The van der Waals surface area contributed by atoms with Gasteiger partial charge in [-0.25, -0.2) is 9.97 Å². The number of nitrogens with two attached hydrogens (primary N) is 2. The number of hydrogen-bond acceptors (Lipinski definition) is 4. The maximum absolute atomic E-state index is 5.80. The van der Waals surface area contributed by atoms with Crippen molar-refractivity contribution < 1.29 is 0 Å². The molecule has 0 bridgehead atoms. The van der Waals surface area contributed by atoms with Crippen LogP contribution in [0.25, 0.3) is 10.9 Å². The van der Waals surface area contributed by atoms with E-state index >= 15 is 0 Å². The second kappa shape index (κ2) is 3.14. The first-order chi connectivity index (χ1) is 6.72. The third-order valence-corrected chi connectivity index (χ3v) is 2.15. The normalized spacial score (nSPS) is 10.6. The van der Waals surface area contributed by atoms with Gasteiger partial charge < -0.3 is 11.5 Å². The number of aryl methyl sites for hydroxylation is 1. The molecule has 72 valence electrons. The SMILES string of the molecule is CCc1nc(N)c2cccc(N)c2n1. The van der Waals surface area contributed by atoms with Gasteiger partial charge in [-0.3, -0.25) is 0 Å². The monoisotopic (exact) mass is 188 g/mol. The molecular formula is C10H12N4. The minimum atomic E-state index is 0.499. The third-order valence-electron chi connectivity index (χ3n) is 2.15. The highest BCUT2D eigenvalue weighted by Gasteiger charge is 2.05. The van der Waals surface area contributed by atoms with E-state index in [4.69, 9.17) is 11.5 Å². The van der Waals surface area contributed by atoms with Gasteiger partial charge in [0.05, 0.1) is 11.2 Å². The van der Waals surface area contributed by atoms with E-state index in [1.807, 2.05) is 25.1 Å². The lowest BCUT2D eigenvalue weighted by molar-refractivity contribution is 0.966. The molecule has 0 atom stereocenters. The van der Waals surface area contributed by atoms with Crippen molar-refractivity contribution in [1.29, 1.82) is 0 Å². The Balaban J connectivity index is 2.83. The van der Waals surface area contributed by atoms with E-state index in [-0.39, 0.29) is 0 Å². The lowest BCUT2D eigenvalue weighted by Crippen LogP contribution is -2.01. The van der Waals surface area contributed by atoms with Crippen LogP contribution in [0.1, 0.15) is 12.7 Å². The predicted molar refractivity (Wildman–Crippen MR) is 57.7 cm³/mol. The maximum Gasteiger partial charge on any atom is 0.135 e. The topological polar surface area (TPSA) is 77.8 Å². The Morgan fingerprint density at radius 3 is 2.71 bits per heavy atom. The highest BCUT2D eigenvalue weighted by Crippen LogP contribution is 2.22. The fourth-order valence-corrected chi connectivity index (χ4v) is 1.40. The van der Waals surface area contributed by atoms with Gasteiger partial charge in [-0.2, -0.15) is 0 Å². The summed E-state index contributed by atoms with van der Waals surface area (Å²) in [5.74, 6) is 1.23. The van der Waals surface area contributed by atoms with Crippen LogP contribution in [-0.4, -0.2) is 9.97 Å². The first-order valence-corrected chi connectivity index (χ1v) is 4.53. The Bertz CT molecular complexity index is 479. The molecule has 0 aliphatic carbocycles. The largest absolute Gasteiger partial charge is 0.397 e. The molecule has 0 aliphatic rings. The number of rotatable bonds is 1. The average molecular weight is 188 g/mol. The van der Waals surface area contributed by atoms with Crippen LogP contribution in [0.2, 0.25) is 0 Å². The van der Waals surface area contributed by atoms with Gasteiger partial charge in [-0.1, -0.05) is 13.0 Å². The summed E-state index contributed by atoms with van der Waals surface area (Å²) in [7, 11) is 0. The van der Waals surface area contributed by atoms with Crippen molar-refractivity contribution in [1.82, 2.24) is 9.97 Å². The van der Waals surface area contributed by atoms with Gasteiger partial charge in [0.15, 0.2) is 0 Å². The zero-order valence-corrected chi connectivity index (χ0v) is 7.99. The average Bonchev–Trinajstić information content (AvgIpc) is 2.19. The third kappa shape index (κ3) is 1.25. The Morgan fingerprint density at radius 2 is 2.00 bits per heavy atom. The number of hydrogen-bond donors (Lipinski definition) is 2. The van der Waals surface area contributed by atoms with E-state index in [1.165, 1.54) is 0 Å². The second-order valence-electron chi connectivity index (χ2n) is 3.12. The van der Waals surface area contributed by atoms with E-state index in [0.717, 1.165) is 23.1 Å². The summed E-state index contributed by atoms with van der Waals surface area (Å²) in [4.78, 5) is 8.51. The number of anilines is 2. The van der Waals surface area contributed by atoms with Crippen LogP contribution in [0, 0.1) is 0 Å². The van der Waals surface area contributed by atoms with E-state index in [2.05, 4.69) is 9.97 Å². The number of nitrogen functional groups attached to an aromatic ring is 2. The lowest BCUT2D eigenvalue weighted by Gasteiger charge is -2.05. The summed E-state index contributed by atoms with van der Waals surface area (Å²) in [5.41, 5.74) is 13.0. The van der Waals surface area contributed by atoms with Crippen LogP contribution in [0.3, 0.4) is 0 Å². The molecule has 0 amide bonds. The van der Waals surface area contributed by atoms with E-state index < -0.39 is 0 Å². The molecule has 2 rings (SSSR count). The molecule has 0 spiro atoms. The molecule has 4 heteroatoms. The van der Waals surface area contributed by atoms with Crippen molar-refractivity contribution in [2.24, 2.45) is 0 Å². The summed E-state index contributed by atoms with van der Waals surface area (Å²) in [5, 5.41) is 0.821. The van der Waals surface area contributed by atoms with Crippen LogP contribution < -0.4 is 11.5 Å². The molecule has 0 aliphatic heterocycles. The van der Waals surface area contributed by atoms with E-state index in [1.54, 1.807) is 0 Å². The van der Waals surface area contributed by atoms with Crippen molar-refractivity contribution in [2.75, 3.05) is 11.5 Å². The maximum atomic E-state index is 5.80. The molecule has 1 aromatic carbocycles. The van der Waals surface area contributed by atoms with Gasteiger partial charge in [-0.15, -0.1) is 0 Å². The number of aromatic nitrogens is 2. The van der Waals surface area contributed by atoms with Crippen LogP contribution in [-0.2, 0) is 6.42 Å². The van der Waals surface area contributed by atoms with E-state index in [9.17, 15) is 0 Å². The fraction of sp³-hybridized carbons (Fsp3) is 0.200. The highest BCUT2D eigenvalue weighted by molar-refractivity contribution is 5.95. The van der Waals surface area contributed by atoms with Crippen molar-refractivity contribution in [2.45, 2.75) is 13.3 Å². The van der Waals surface area contributed by atoms with Gasteiger partial charge >= 0.3 is 0 Å². The van der Waals surface area contributed by atoms with Gasteiger partial charge in [0.1, 0.15) is 11.6 Å². The van der Waals surface area contributed by atoms with Crippen LogP contribution >= 0.6 is 0 Å². The van der Waals surface area contributed by atoms with Gasteiger partial charge in [0, 0.05) is 11.8 Å². The number of para-hydroxylation sites is 1. The predicted octanol–water partition coefficient (Wildman–Crippen LogP) is 1.36. The Hall–Kier alpha value is -1.84. The molecule has 1 heterocycles. The van der Waals surface area contributed by atoms with Crippen molar-refractivity contribution in [3.05, 3.63) is 24.0 Å². The van der Waals surface area contributed by atoms with Crippen LogP contribution in [0.15, 0.2) is 18.2 Å². The Morgan fingerprint density at radius 1 is 1.21 bits per heavy atom. The Labute approximate surface area is 82.0 Å². The fourth-order valence-electron chi connectivity index (χ4n) is 1.40. The van der Waals surface area contributed by atoms with Crippen molar-refractivity contribution in [3.8, 4) is 0 Å².